The summed E-state index contributed by atoms with van der Waals surface area (Å²) in [6.45, 7) is 4.18. The molecule has 0 aliphatic rings. The number of aliphatic hydroxyl groups is 2. The van der Waals surface area contributed by atoms with E-state index in [4.69, 9.17) is 0 Å². The number of allylic oxidation sites excluding steroid dienone is 15. The highest BCUT2D eigenvalue weighted by atomic mass is 16.3. The first-order chi connectivity index (χ1) is 31.2. The van der Waals surface area contributed by atoms with Crippen molar-refractivity contribution in [2.24, 2.45) is 0 Å². The van der Waals surface area contributed by atoms with Gasteiger partial charge in [0.2, 0.25) is 5.91 Å². The van der Waals surface area contributed by atoms with Gasteiger partial charge in [-0.15, -0.1) is 0 Å². The zero-order valence-electron chi connectivity index (χ0n) is 41.6. The van der Waals surface area contributed by atoms with Crippen LogP contribution < -0.4 is 5.32 Å². The minimum Gasteiger partial charge on any atom is -0.394 e. The van der Waals surface area contributed by atoms with Crippen LogP contribution in [0.3, 0.4) is 0 Å². The van der Waals surface area contributed by atoms with Crippen LogP contribution in [0.15, 0.2) is 97.2 Å². The number of carbonyl (C=O) groups excluding carboxylic acids is 1. The number of hydrogen-bond acceptors (Lipinski definition) is 3. The van der Waals surface area contributed by atoms with E-state index in [2.05, 4.69) is 104 Å². The molecule has 0 rings (SSSR count). The third-order valence-electron chi connectivity index (χ3n) is 11.8. The molecular weight excluding hydrogens is 771 g/mol. The Balaban J connectivity index is 3.62. The standard InChI is InChI=1S/C59H103NO3/c1-3-5-7-9-11-13-15-17-19-21-23-25-27-28-29-30-31-33-34-36-38-40-42-44-46-48-50-52-54-58(62)57(56-61)60-59(63)55-53-51-49-47-45-43-41-39-37-35-32-26-24-22-20-18-16-14-12-10-8-6-4-2/h6,8,12,14,18,20,24,26,35,37,41,43,47,49,52,54,57-58,61-62H,3-5,7,9-11,13,15-17,19,21-23,25,27-34,36,38-40,42,44-46,48,50-51,53,55-56H2,1-2H3,(H,60,63)/b8-6-,14-12-,20-18-,26-24-,37-35-,43-41-,49-47-,54-52+. The van der Waals surface area contributed by atoms with Crippen LogP contribution in [-0.2, 0) is 4.79 Å². The Hall–Kier alpha value is -2.69. The van der Waals surface area contributed by atoms with Gasteiger partial charge in [0, 0.05) is 6.42 Å². The zero-order chi connectivity index (χ0) is 45.6. The molecule has 0 saturated heterocycles. The highest BCUT2D eigenvalue weighted by Gasteiger charge is 2.17. The van der Waals surface area contributed by atoms with Crippen molar-refractivity contribution in [3.8, 4) is 0 Å². The summed E-state index contributed by atoms with van der Waals surface area (Å²) in [5, 5.41) is 23.1. The molecule has 1 amide bonds. The van der Waals surface area contributed by atoms with Crippen molar-refractivity contribution >= 4 is 5.91 Å². The first-order valence-corrected chi connectivity index (χ1v) is 27.0. The number of carbonyl (C=O) groups is 1. The number of unbranched alkanes of at least 4 members (excludes halogenated alkanes) is 27. The van der Waals surface area contributed by atoms with Gasteiger partial charge in [-0.3, -0.25) is 4.79 Å². The molecule has 0 heterocycles. The van der Waals surface area contributed by atoms with Gasteiger partial charge in [-0.25, -0.2) is 0 Å². The molecule has 0 aliphatic heterocycles. The van der Waals surface area contributed by atoms with Crippen LogP contribution in [0, 0.1) is 0 Å². The lowest BCUT2D eigenvalue weighted by Gasteiger charge is -2.19. The SMILES string of the molecule is CC/C=C\C/C=C\C/C=C\C/C=C\C/C=C\C/C=C\C/C=C\CCCC(=O)NC(CO)C(O)/C=C/CCCCCCCCCCCCCCCCCCCCCCCCCCCC. The minimum atomic E-state index is -0.871. The smallest absolute Gasteiger partial charge is 0.220 e. The number of rotatable bonds is 48. The van der Waals surface area contributed by atoms with Gasteiger partial charge in [0.25, 0.3) is 0 Å². The van der Waals surface area contributed by atoms with Crippen LogP contribution in [0.5, 0.6) is 0 Å². The number of nitrogens with one attached hydrogen (secondary N) is 1. The molecule has 0 fully saturated rings. The van der Waals surface area contributed by atoms with Crippen LogP contribution in [0.4, 0.5) is 0 Å². The summed E-state index contributed by atoms with van der Waals surface area (Å²) >= 11 is 0. The predicted molar refractivity (Wildman–Crippen MR) is 280 cm³/mol. The Bertz CT molecular complexity index is 1170. The maximum Gasteiger partial charge on any atom is 0.220 e. The minimum absolute atomic E-state index is 0.123. The molecule has 0 radical (unpaired) electrons. The van der Waals surface area contributed by atoms with Crippen LogP contribution in [0.25, 0.3) is 0 Å². The van der Waals surface area contributed by atoms with Gasteiger partial charge in [0.1, 0.15) is 0 Å². The number of aliphatic hydroxyl groups excluding tert-OH is 2. The molecule has 0 aliphatic carbocycles. The van der Waals surface area contributed by atoms with Crippen LogP contribution in [-0.4, -0.2) is 34.9 Å². The van der Waals surface area contributed by atoms with Gasteiger partial charge in [-0.05, 0) is 70.6 Å². The summed E-state index contributed by atoms with van der Waals surface area (Å²) in [6, 6.07) is -0.661. The van der Waals surface area contributed by atoms with E-state index in [1.165, 1.54) is 161 Å². The molecule has 2 unspecified atom stereocenters. The fraction of sp³-hybridized carbons (Fsp3) is 0.712. The van der Waals surface area contributed by atoms with Crippen LogP contribution >= 0.6 is 0 Å². The van der Waals surface area contributed by atoms with E-state index >= 15 is 0 Å². The molecule has 362 valence electrons. The van der Waals surface area contributed by atoms with Crippen molar-refractivity contribution in [2.45, 2.75) is 264 Å². The molecule has 0 aromatic carbocycles. The van der Waals surface area contributed by atoms with Crippen molar-refractivity contribution in [1.29, 1.82) is 0 Å². The van der Waals surface area contributed by atoms with E-state index in [0.29, 0.717) is 6.42 Å². The van der Waals surface area contributed by atoms with Crippen molar-refractivity contribution in [3.05, 3.63) is 97.2 Å². The molecular formula is C59H103NO3. The largest absolute Gasteiger partial charge is 0.394 e. The maximum atomic E-state index is 12.4. The van der Waals surface area contributed by atoms with E-state index in [1.807, 2.05) is 6.08 Å². The highest BCUT2D eigenvalue weighted by Crippen LogP contribution is 2.16. The number of hydrogen-bond donors (Lipinski definition) is 3. The molecule has 3 N–H and O–H groups in total. The molecule has 0 spiro atoms. The Morgan fingerprint density at radius 1 is 0.397 bits per heavy atom. The van der Waals surface area contributed by atoms with E-state index in [9.17, 15) is 15.0 Å². The van der Waals surface area contributed by atoms with Gasteiger partial charge < -0.3 is 15.5 Å². The average Bonchev–Trinajstić information content (AvgIpc) is 3.29. The number of amides is 1. The Morgan fingerprint density at radius 3 is 1.03 bits per heavy atom. The highest BCUT2D eigenvalue weighted by molar-refractivity contribution is 5.76. The van der Waals surface area contributed by atoms with Crippen LogP contribution in [0.1, 0.15) is 251 Å². The van der Waals surface area contributed by atoms with Gasteiger partial charge in [0.05, 0.1) is 18.8 Å². The predicted octanol–water partition coefficient (Wildman–Crippen LogP) is 17.7. The van der Waals surface area contributed by atoms with E-state index in [1.54, 1.807) is 6.08 Å². The van der Waals surface area contributed by atoms with Gasteiger partial charge >= 0.3 is 0 Å². The fourth-order valence-electron chi connectivity index (χ4n) is 7.76. The third-order valence-corrected chi connectivity index (χ3v) is 11.8. The summed E-state index contributed by atoms with van der Waals surface area (Å²) in [5.41, 5.74) is 0. The second-order valence-electron chi connectivity index (χ2n) is 17.9. The molecule has 2 atom stereocenters. The Kier molecular flexibility index (Phi) is 51.4. The quantitative estimate of drug-likeness (QED) is 0.0421. The summed E-state index contributed by atoms with van der Waals surface area (Å²) in [4.78, 5) is 12.4. The summed E-state index contributed by atoms with van der Waals surface area (Å²) in [5.74, 6) is -0.123. The topological polar surface area (TPSA) is 69.6 Å². The van der Waals surface area contributed by atoms with Crippen molar-refractivity contribution < 1.29 is 15.0 Å². The molecule has 4 heteroatoms. The maximum absolute atomic E-state index is 12.4. The Morgan fingerprint density at radius 2 is 0.698 bits per heavy atom. The summed E-state index contributed by atoms with van der Waals surface area (Å²) in [7, 11) is 0. The summed E-state index contributed by atoms with van der Waals surface area (Å²) in [6.07, 6.45) is 79.9. The third kappa shape index (κ3) is 50.2. The van der Waals surface area contributed by atoms with Crippen molar-refractivity contribution in [2.75, 3.05) is 6.61 Å². The van der Waals surface area contributed by atoms with Gasteiger partial charge in [0.15, 0.2) is 0 Å². The summed E-state index contributed by atoms with van der Waals surface area (Å²) < 4.78 is 0. The van der Waals surface area contributed by atoms with Crippen LogP contribution in [0.2, 0.25) is 0 Å². The second-order valence-corrected chi connectivity index (χ2v) is 17.9. The first kappa shape index (κ1) is 60.3. The van der Waals surface area contributed by atoms with Gasteiger partial charge in [-0.2, -0.15) is 0 Å². The second kappa shape index (κ2) is 53.6. The van der Waals surface area contributed by atoms with E-state index in [0.717, 1.165) is 70.6 Å². The van der Waals surface area contributed by atoms with E-state index in [-0.39, 0.29) is 12.5 Å². The lowest BCUT2D eigenvalue weighted by atomic mass is 10.0. The molecule has 63 heavy (non-hydrogen) atoms. The first-order valence-electron chi connectivity index (χ1n) is 27.0. The lowest BCUT2D eigenvalue weighted by molar-refractivity contribution is -0.122. The molecule has 0 aromatic heterocycles. The Labute approximate surface area is 392 Å². The normalized spacial score (nSPS) is 13.7. The fourth-order valence-corrected chi connectivity index (χ4v) is 7.76. The zero-order valence-corrected chi connectivity index (χ0v) is 41.6. The molecule has 0 bridgehead atoms. The molecule has 0 saturated carbocycles. The molecule has 0 aromatic rings. The van der Waals surface area contributed by atoms with Crippen molar-refractivity contribution in [3.63, 3.8) is 0 Å². The monoisotopic (exact) mass is 874 g/mol. The lowest BCUT2D eigenvalue weighted by Crippen LogP contribution is -2.45. The average molecular weight is 874 g/mol. The van der Waals surface area contributed by atoms with E-state index < -0.39 is 12.1 Å². The van der Waals surface area contributed by atoms with Crippen molar-refractivity contribution in [1.82, 2.24) is 5.32 Å². The van der Waals surface area contributed by atoms with Gasteiger partial charge in [-0.1, -0.05) is 272 Å². The molecule has 4 nitrogen and oxygen atoms in total.